The summed E-state index contributed by atoms with van der Waals surface area (Å²) < 4.78 is 23.2. The topological polar surface area (TPSA) is 36.9 Å². The van der Waals surface area contributed by atoms with Gasteiger partial charge in [-0.15, -0.1) is 0 Å². The van der Waals surface area contributed by atoms with E-state index in [9.17, 15) is 0 Å². The Morgan fingerprint density at radius 2 is 1.89 bits per heavy atom. The molecule has 0 aromatic rings. The molecule has 0 aromatic heterocycles. The second-order valence-electron chi connectivity index (χ2n) is 5.61. The van der Waals surface area contributed by atoms with E-state index < -0.39 is 5.60 Å². The molecule has 1 aliphatic heterocycles. The zero-order valence-corrected chi connectivity index (χ0v) is 12.7. The van der Waals surface area contributed by atoms with Crippen LogP contribution in [0, 0.1) is 0 Å². The molecule has 2 unspecified atom stereocenters. The maximum absolute atomic E-state index is 6.11. The summed E-state index contributed by atoms with van der Waals surface area (Å²) >= 11 is 0. The maximum atomic E-state index is 6.11. The first-order valence-electron chi connectivity index (χ1n) is 6.74. The van der Waals surface area contributed by atoms with E-state index in [2.05, 4.69) is 7.85 Å². The minimum absolute atomic E-state index is 0.0429. The Hall–Kier alpha value is -0.0951. The van der Waals surface area contributed by atoms with E-state index in [0.29, 0.717) is 0 Å². The Morgan fingerprint density at radius 1 is 1.28 bits per heavy atom. The molecule has 0 radical (unpaired) electrons. The van der Waals surface area contributed by atoms with Gasteiger partial charge in [-0.25, -0.2) is 0 Å². The molecular weight excluding hydrogens is 231 g/mol. The molecule has 106 valence electrons. The summed E-state index contributed by atoms with van der Waals surface area (Å²) in [5.74, 6) is 0. The molecule has 1 fully saturated rings. The SMILES string of the molecule is B[C@H]1CC(OC(C)C)[C@H](OC)[C@@](C)(C(C)OC)O1. The highest BCUT2D eigenvalue weighted by Gasteiger charge is 2.50. The van der Waals surface area contributed by atoms with E-state index in [4.69, 9.17) is 18.9 Å². The number of hydrogen-bond acceptors (Lipinski definition) is 4. The minimum Gasteiger partial charge on any atom is -0.379 e. The van der Waals surface area contributed by atoms with Crippen molar-refractivity contribution in [1.82, 2.24) is 0 Å². The third-order valence-electron chi connectivity index (χ3n) is 3.78. The first-order chi connectivity index (χ1) is 8.35. The molecule has 0 spiro atoms. The molecule has 0 saturated carbocycles. The van der Waals surface area contributed by atoms with Gasteiger partial charge in [-0.05, 0) is 34.1 Å². The van der Waals surface area contributed by atoms with Crippen LogP contribution in [0.3, 0.4) is 0 Å². The van der Waals surface area contributed by atoms with Crippen LogP contribution in [0.2, 0.25) is 0 Å². The third-order valence-corrected chi connectivity index (χ3v) is 3.78. The van der Waals surface area contributed by atoms with Gasteiger partial charge in [0.2, 0.25) is 0 Å². The van der Waals surface area contributed by atoms with E-state index >= 15 is 0 Å². The normalized spacial score (nSPS) is 38.9. The summed E-state index contributed by atoms with van der Waals surface area (Å²) in [4.78, 5) is 0. The van der Waals surface area contributed by atoms with Crippen molar-refractivity contribution < 1.29 is 18.9 Å². The van der Waals surface area contributed by atoms with Crippen LogP contribution >= 0.6 is 0 Å². The van der Waals surface area contributed by atoms with E-state index in [1.54, 1.807) is 14.2 Å². The van der Waals surface area contributed by atoms with Crippen molar-refractivity contribution in [2.75, 3.05) is 14.2 Å². The Labute approximate surface area is 112 Å². The maximum Gasteiger partial charge on any atom is 0.139 e. The Balaban J connectivity index is 2.94. The van der Waals surface area contributed by atoms with Crippen LogP contribution in [-0.2, 0) is 18.9 Å². The van der Waals surface area contributed by atoms with Crippen molar-refractivity contribution in [1.29, 1.82) is 0 Å². The number of methoxy groups -OCH3 is 2. The summed E-state index contributed by atoms with van der Waals surface area (Å²) in [5, 5.41) is 0. The van der Waals surface area contributed by atoms with Crippen LogP contribution < -0.4 is 0 Å². The lowest BCUT2D eigenvalue weighted by atomic mass is 9.79. The van der Waals surface area contributed by atoms with E-state index in [1.165, 1.54) is 0 Å². The molecule has 5 atom stereocenters. The van der Waals surface area contributed by atoms with Crippen molar-refractivity contribution in [3.05, 3.63) is 0 Å². The van der Waals surface area contributed by atoms with Gasteiger partial charge in [0.1, 0.15) is 19.6 Å². The average molecular weight is 258 g/mol. The molecule has 0 N–H and O–H groups in total. The van der Waals surface area contributed by atoms with Crippen LogP contribution in [-0.4, -0.2) is 58.1 Å². The molecule has 1 heterocycles. The van der Waals surface area contributed by atoms with Crippen molar-refractivity contribution in [3.8, 4) is 0 Å². The fraction of sp³-hybridized carbons (Fsp3) is 1.00. The van der Waals surface area contributed by atoms with Gasteiger partial charge in [-0.1, -0.05) is 0 Å². The van der Waals surface area contributed by atoms with Crippen molar-refractivity contribution in [2.45, 2.75) is 70.1 Å². The summed E-state index contributed by atoms with van der Waals surface area (Å²) in [7, 11) is 5.48. The van der Waals surface area contributed by atoms with Crippen LogP contribution in [0.15, 0.2) is 0 Å². The number of hydrogen-bond donors (Lipinski definition) is 0. The fourth-order valence-corrected chi connectivity index (χ4v) is 2.79. The van der Waals surface area contributed by atoms with Gasteiger partial charge in [0.25, 0.3) is 0 Å². The van der Waals surface area contributed by atoms with Crippen LogP contribution in [0.1, 0.15) is 34.1 Å². The summed E-state index contributed by atoms with van der Waals surface area (Å²) in [6.45, 7) is 8.14. The highest BCUT2D eigenvalue weighted by molar-refractivity contribution is 6.11. The zero-order chi connectivity index (χ0) is 13.9. The lowest BCUT2D eigenvalue weighted by Gasteiger charge is -2.50. The molecule has 18 heavy (non-hydrogen) atoms. The molecule has 0 aromatic carbocycles. The van der Waals surface area contributed by atoms with Gasteiger partial charge < -0.3 is 18.9 Å². The second kappa shape index (κ2) is 6.37. The van der Waals surface area contributed by atoms with E-state index in [-0.39, 0.29) is 30.4 Å². The Bertz CT molecular complexity index is 259. The lowest BCUT2D eigenvalue weighted by Crippen LogP contribution is -2.63. The number of ether oxygens (including phenoxy) is 4. The first-order valence-corrected chi connectivity index (χ1v) is 6.74. The molecule has 1 saturated heterocycles. The van der Waals surface area contributed by atoms with Crippen molar-refractivity contribution >= 4 is 7.85 Å². The smallest absolute Gasteiger partial charge is 0.139 e. The molecule has 1 rings (SSSR count). The quantitative estimate of drug-likeness (QED) is 0.688. The highest BCUT2D eigenvalue weighted by atomic mass is 16.6. The first kappa shape index (κ1) is 16.0. The highest BCUT2D eigenvalue weighted by Crippen LogP contribution is 2.36. The molecule has 1 aliphatic rings. The van der Waals surface area contributed by atoms with Crippen molar-refractivity contribution in [3.63, 3.8) is 0 Å². The van der Waals surface area contributed by atoms with Gasteiger partial charge in [0.15, 0.2) is 0 Å². The van der Waals surface area contributed by atoms with Crippen LogP contribution in [0.25, 0.3) is 0 Å². The van der Waals surface area contributed by atoms with E-state index in [1.807, 2.05) is 27.7 Å². The summed E-state index contributed by atoms with van der Waals surface area (Å²) in [6.07, 6.45) is 0.902. The summed E-state index contributed by atoms with van der Waals surface area (Å²) in [5.41, 5.74) is -0.485. The van der Waals surface area contributed by atoms with Gasteiger partial charge in [-0.2, -0.15) is 0 Å². The molecular formula is C13H27BO4. The number of rotatable bonds is 5. The van der Waals surface area contributed by atoms with Gasteiger partial charge in [0.05, 0.1) is 18.3 Å². The minimum atomic E-state index is -0.485. The summed E-state index contributed by atoms with van der Waals surface area (Å²) in [6, 6.07) is 0.141. The molecule has 0 amide bonds. The standard InChI is InChI=1S/C13H27BO4/c1-8(2)17-10-7-11(14)18-13(4,9(3)15-5)12(10)16-6/h8-12H,7,14H2,1-6H3/t9?,10?,11-,12+,13-/m1/s1. The lowest BCUT2D eigenvalue weighted by molar-refractivity contribution is -0.258. The molecule has 4 nitrogen and oxygen atoms in total. The average Bonchev–Trinajstić information content (AvgIpc) is 2.26. The molecule has 0 aliphatic carbocycles. The fourth-order valence-electron chi connectivity index (χ4n) is 2.79. The van der Waals surface area contributed by atoms with Gasteiger partial charge in [-0.3, -0.25) is 0 Å². The van der Waals surface area contributed by atoms with Gasteiger partial charge >= 0.3 is 0 Å². The van der Waals surface area contributed by atoms with E-state index in [0.717, 1.165) is 6.42 Å². The molecule has 0 bridgehead atoms. The molecule has 5 heteroatoms. The monoisotopic (exact) mass is 258 g/mol. The van der Waals surface area contributed by atoms with Crippen LogP contribution in [0.5, 0.6) is 0 Å². The predicted octanol–water partition coefficient (Wildman–Crippen LogP) is 0.968. The Morgan fingerprint density at radius 3 is 2.33 bits per heavy atom. The zero-order valence-electron chi connectivity index (χ0n) is 12.7. The van der Waals surface area contributed by atoms with Gasteiger partial charge in [0, 0.05) is 20.2 Å². The van der Waals surface area contributed by atoms with Crippen molar-refractivity contribution in [2.24, 2.45) is 0 Å². The Kier molecular flexibility index (Phi) is 5.65. The predicted molar refractivity (Wildman–Crippen MR) is 73.7 cm³/mol. The second-order valence-corrected chi connectivity index (χ2v) is 5.61. The largest absolute Gasteiger partial charge is 0.379 e. The van der Waals surface area contributed by atoms with Crippen LogP contribution in [0.4, 0.5) is 0 Å². The third kappa shape index (κ3) is 3.26.